The van der Waals surface area contributed by atoms with Gasteiger partial charge in [-0.15, -0.1) is 11.3 Å². The molecule has 2 aliphatic rings. The van der Waals surface area contributed by atoms with E-state index in [1.54, 1.807) is 0 Å². The van der Waals surface area contributed by atoms with Crippen molar-refractivity contribution in [2.75, 3.05) is 6.61 Å². The van der Waals surface area contributed by atoms with E-state index in [9.17, 15) is 0 Å². The zero-order chi connectivity index (χ0) is 13.8. The van der Waals surface area contributed by atoms with Gasteiger partial charge in [0.2, 0.25) is 0 Å². The van der Waals surface area contributed by atoms with Gasteiger partial charge in [0, 0.05) is 28.9 Å². The van der Waals surface area contributed by atoms with Crippen molar-refractivity contribution < 1.29 is 4.74 Å². The van der Waals surface area contributed by atoms with Gasteiger partial charge >= 0.3 is 0 Å². The molecule has 1 N–H and O–H groups in total. The van der Waals surface area contributed by atoms with E-state index >= 15 is 0 Å². The largest absolute Gasteiger partial charge is 0.375 e. The molecule has 2 fully saturated rings. The summed E-state index contributed by atoms with van der Waals surface area (Å²) in [4.78, 5) is 2.98. The van der Waals surface area contributed by atoms with Gasteiger partial charge in [0.25, 0.3) is 0 Å². The summed E-state index contributed by atoms with van der Waals surface area (Å²) < 4.78 is 6.17. The van der Waals surface area contributed by atoms with Crippen molar-refractivity contribution in [3.63, 3.8) is 0 Å². The molecule has 2 nitrogen and oxygen atoms in total. The van der Waals surface area contributed by atoms with Crippen molar-refractivity contribution in [2.24, 2.45) is 0 Å². The summed E-state index contributed by atoms with van der Waals surface area (Å²) in [6.45, 7) is 4.21. The van der Waals surface area contributed by atoms with Crippen LogP contribution in [0.1, 0.15) is 61.6 Å². The molecule has 1 saturated carbocycles. The van der Waals surface area contributed by atoms with E-state index in [1.165, 1.54) is 54.7 Å². The van der Waals surface area contributed by atoms with Crippen LogP contribution in [0.15, 0.2) is 12.1 Å². The number of thiophene rings is 1. The average Bonchev–Trinajstić information content (AvgIpc) is 2.94. The average molecular weight is 293 g/mol. The van der Waals surface area contributed by atoms with Gasteiger partial charge < -0.3 is 10.1 Å². The van der Waals surface area contributed by atoms with Crippen molar-refractivity contribution in [2.45, 2.75) is 76.5 Å². The van der Waals surface area contributed by atoms with E-state index in [1.807, 2.05) is 11.3 Å². The second-order valence-corrected chi connectivity index (χ2v) is 7.64. The molecule has 0 aromatic carbocycles. The summed E-state index contributed by atoms with van der Waals surface area (Å²) in [5.74, 6) is 0. The van der Waals surface area contributed by atoms with Crippen molar-refractivity contribution in [1.29, 1.82) is 0 Å². The maximum Gasteiger partial charge on any atom is 0.0697 e. The van der Waals surface area contributed by atoms with Crippen molar-refractivity contribution in [1.82, 2.24) is 5.32 Å². The quantitative estimate of drug-likeness (QED) is 0.894. The summed E-state index contributed by atoms with van der Waals surface area (Å²) in [6.07, 6.45) is 10.2. The number of aryl methyl sites for hydroxylation is 1. The van der Waals surface area contributed by atoms with E-state index in [0.717, 1.165) is 19.6 Å². The number of rotatable bonds is 4. The van der Waals surface area contributed by atoms with Gasteiger partial charge in [-0.1, -0.05) is 26.2 Å². The van der Waals surface area contributed by atoms with Gasteiger partial charge in [-0.05, 0) is 44.2 Å². The zero-order valence-corrected chi connectivity index (χ0v) is 13.4. The first-order valence-electron chi connectivity index (χ1n) is 8.25. The Balaban J connectivity index is 1.52. The van der Waals surface area contributed by atoms with E-state index in [-0.39, 0.29) is 5.60 Å². The van der Waals surface area contributed by atoms with Crippen LogP contribution in [-0.4, -0.2) is 18.2 Å². The maximum absolute atomic E-state index is 6.17. The van der Waals surface area contributed by atoms with Crippen LogP contribution in [0.25, 0.3) is 0 Å². The van der Waals surface area contributed by atoms with Gasteiger partial charge in [0.1, 0.15) is 0 Å². The molecular formula is C17H27NOS. The van der Waals surface area contributed by atoms with Crippen LogP contribution in [0.2, 0.25) is 0 Å². The highest BCUT2D eigenvalue weighted by molar-refractivity contribution is 7.11. The first-order chi connectivity index (χ1) is 9.80. The highest BCUT2D eigenvalue weighted by Gasteiger charge is 2.38. The van der Waals surface area contributed by atoms with E-state index in [4.69, 9.17) is 4.74 Å². The first-order valence-corrected chi connectivity index (χ1v) is 9.06. The lowest BCUT2D eigenvalue weighted by atomic mass is 9.78. The van der Waals surface area contributed by atoms with E-state index in [2.05, 4.69) is 24.4 Å². The molecule has 1 unspecified atom stereocenters. The molecule has 1 aromatic heterocycles. The summed E-state index contributed by atoms with van der Waals surface area (Å²) in [5.41, 5.74) is 0.220. The third-order valence-corrected chi connectivity index (χ3v) is 6.12. The summed E-state index contributed by atoms with van der Waals surface area (Å²) in [7, 11) is 0. The van der Waals surface area contributed by atoms with Gasteiger partial charge in [0.05, 0.1) is 5.60 Å². The van der Waals surface area contributed by atoms with Crippen molar-refractivity contribution >= 4 is 11.3 Å². The molecule has 1 aliphatic carbocycles. The minimum absolute atomic E-state index is 0.220. The third kappa shape index (κ3) is 3.44. The van der Waals surface area contributed by atoms with Crippen LogP contribution in [-0.2, 0) is 17.7 Å². The third-order valence-electron chi connectivity index (χ3n) is 4.89. The normalized spacial score (nSPS) is 25.9. The standard InChI is InChI=1S/C17H27NOS/c1-2-15-6-7-16(20-15)13-18-14-8-11-19-17(12-14)9-4-3-5-10-17/h6-7,14,18H,2-5,8-13H2,1H3. The Morgan fingerprint density at radius 3 is 2.80 bits per heavy atom. The number of ether oxygens (including phenoxy) is 1. The fraction of sp³-hybridized carbons (Fsp3) is 0.765. The Hall–Kier alpha value is -0.380. The molecule has 2 heterocycles. The molecule has 3 heteroatoms. The number of hydrogen-bond donors (Lipinski definition) is 1. The number of nitrogens with one attached hydrogen (secondary N) is 1. The van der Waals surface area contributed by atoms with Crippen LogP contribution in [0, 0.1) is 0 Å². The summed E-state index contributed by atoms with van der Waals surface area (Å²) >= 11 is 1.95. The minimum Gasteiger partial charge on any atom is -0.375 e. The molecule has 1 saturated heterocycles. The Morgan fingerprint density at radius 1 is 1.25 bits per heavy atom. The molecule has 0 radical (unpaired) electrons. The van der Waals surface area contributed by atoms with Crippen LogP contribution in [0.3, 0.4) is 0 Å². The Bertz CT molecular complexity index is 417. The predicted molar refractivity (Wildman–Crippen MR) is 85.3 cm³/mol. The van der Waals surface area contributed by atoms with Crippen LogP contribution >= 0.6 is 11.3 Å². The van der Waals surface area contributed by atoms with Crippen molar-refractivity contribution in [3.05, 3.63) is 21.9 Å². The fourth-order valence-electron chi connectivity index (χ4n) is 3.70. The topological polar surface area (TPSA) is 21.3 Å². The van der Waals surface area contributed by atoms with Gasteiger partial charge in [0.15, 0.2) is 0 Å². The van der Waals surface area contributed by atoms with Crippen molar-refractivity contribution in [3.8, 4) is 0 Å². The molecule has 1 aliphatic heterocycles. The Labute approximate surface area is 126 Å². The van der Waals surface area contributed by atoms with E-state index in [0.29, 0.717) is 6.04 Å². The monoisotopic (exact) mass is 293 g/mol. The lowest BCUT2D eigenvalue weighted by Gasteiger charge is -2.43. The van der Waals surface area contributed by atoms with Gasteiger partial charge in [-0.2, -0.15) is 0 Å². The molecule has 0 amide bonds. The second kappa shape index (κ2) is 6.59. The predicted octanol–water partition coefficient (Wildman–Crippen LogP) is 4.28. The van der Waals surface area contributed by atoms with Crippen LogP contribution < -0.4 is 5.32 Å². The SMILES string of the molecule is CCc1ccc(CNC2CCOC3(CCCCC3)C2)s1. The molecule has 1 spiro atoms. The second-order valence-electron chi connectivity index (χ2n) is 6.38. The highest BCUT2D eigenvalue weighted by atomic mass is 32.1. The van der Waals surface area contributed by atoms with Gasteiger partial charge in [-0.3, -0.25) is 0 Å². The van der Waals surface area contributed by atoms with Gasteiger partial charge in [-0.25, -0.2) is 0 Å². The Kier molecular flexibility index (Phi) is 4.79. The summed E-state index contributed by atoms with van der Waals surface area (Å²) in [6, 6.07) is 5.20. The first kappa shape index (κ1) is 14.6. The molecule has 1 aromatic rings. The Morgan fingerprint density at radius 2 is 2.05 bits per heavy atom. The minimum atomic E-state index is 0.220. The van der Waals surface area contributed by atoms with Crippen LogP contribution in [0.4, 0.5) is 0 Å². The molecule has 20 heavy (non-hydrogen) atoms. The summed E-state index contributed by atoms with van der Waals surface area (Å²) in [5, 5.41) is 3.78. The molecule has 1 atom stereocenters. The zero-order valence-electron chi connectivity index (χ0n) is 12.6. The lowest BCUT2D eigenvalue weighted by molar-refractivity contribution is -0.109. The van der Waals surface area contributed by atoms with E-state index < -0.39 is 0 Å². The maximum atomic E-state index is 6.17. The lowest BCUT2D eigenvalue weighted by Crippen LogP contribution is -2.47. The molecule has 112 valence electrons. The fourth-order valence-corrected chi connectivity index (χ4v) is 4.61. The highest BCUT2D eigenvalue weighted by Crippen LogP contribution is 2.38. The molecular weight excluding hydrogens is 266 g/mol. The molecule has 0 bridgehead atoms. The number of hydrogen-bond acceptors (Lipinski definition) is 3. The molecule has 3 rings (SSSR count). The smallest absolute Gasteiger partial charge is 0.0697 e. The van der Waals surface area contributed by atoms with Crippen LogP contribution in [0.5, 0.6) is 0 Å².